The van der Waals surface area contributed by atoms with E-state index in [0.717, 1.165) is 4.90 Å². The Morgan fingerprint density at radius 3 is 2.38 bits per heavy atom. The Labute approximate surface area is 314 Å². The lowest BCUT2D eigenvalue weighted by molar-refractivity contribution is -0.204. The van der Waals surface area contributed by atoms with E-state index in [9.17, 15) is 46.0 Å². The molecule has 1 spiro atoms. The lowest BCUT2D eigenvalue weighted by atomic mass is 9.70. The smallest absolute Gasteiger partial charge is 0.403 e. The van der Waals surface area contributed by atoms with Gasteiger partial charge in [0.1, 0.15) is 16.9 Å². The van der Waals surface area contributed by atoms with Crippen molar-refractivity contribution in [2.45, 2.75) is 68.9 Å². The molecule has 2 amide bonds. The Morgan fingerprint density at radius 2 is 1.75 bits per heavy atom. The monoisotopic (exact) mass is 785 g/mol. The molecule has 20 heteroatoms. The van der Waals surface area contributed by atoms with Crippen molar-refractivity contribution in [1.29, 1.82) is 5.26 Å². The summed E-state index contributed by atoms with van der Waals surface area (Å²) < 4.78 is 96.0. The van der Waals surface area contributed by atoms with Crippen molar-refractivity contribution >= 4 is 17.8 Å². The fourth-order valence-corrected chi connectivity index (χ4v) is 8.00. The van der Waals surface area contributed by atoms with Crippen molar-refractivity contribution < 1.29 is 50.0 Å². The molecular weight excluding hydrogens is 752 g/mol. The quantitative estimate of drug-likeness (QED) is 0.170. The van der Waals surface area contributed by atoms with E-state index < -0.39 is 58.3 Å². The molecule has 4 aromatic rings. The SMILES string of the molecule is COC(=O)c1cc(C#N)ccc1Cn1cc(C(=O)N2CC(c3noc(C(C)n4ccc(C5(C(F)(F)F)CC5)n4)n3)C3(C2)CN(C(=O)C2(C(F)(F)F)CC2)C3)cn1. The van der Waals surface area contributed by atoms with Crippen LogP contribution in [0.15, 0.2) is 47.4 Å². The lowest BCUT2D eigenvalue weighted by Gasteiger charge is -2.51. The third-order valence-corrected chi connectivity index (χ3v) is 11.7. The van der Waals surface area contributed by atoms with Crippen molar-refractivity contribution in [2.75, 3.05) is 33.3 Å². The fourth-order valence-electron chi connectivity index (χ4n) is 8.00. The zero-order valence-corrected chi connectivity index (χ0v) is 29.9. The van der Waals surface area contributed by atoms with Gasteiger partial charge in [0.25, 0.3) is 11.8 Å². The van der Waals surface area contributed by atoms with Crippen LogP contribution in [0.2, 0.25) is 0 Å². The summed E-state index contributed by atoms with van der Waals surface area (Å²) in [5, 5.41) is 21.9. The van der Waals surface area contributed by atoms with Crippen LogP contribution in [0, 0.1) is 22.2 Å². The normalized spacial score (nSPS) is 21.0. The van der Waals surface area contributed by atoms with Crippen molar-refractivity contribution in [3.63, 3.8) is 0 Å². The molecule has 2 unspecified atom stereocenters. The summed E-state index contributed by atoms with van der Waals surface area (Å²) >= 11 is 0. The van der Waals surface area contributed by atoms with E-state index in [1.165, 1.54) is 58.2 Å². The topological polar surface area (TPSA) is 165 Å². The van der Waals surface area contributed by atoms with Gasteiger partial charge in [-0.05, 0) is 56.4 Å². The average Bonchev–Trinajstić information content (AvgIpc) is 3.86. The van der Waals surface area contributed by atoms with E-state index in [4.69, 9.17) is 9.26 Å². The molecule has 2 atom stereocenters. The molecule has 294 valence electrons. The Hall–Kier alpha value is -5.74. The molecular formula is C36H33F6N9O5. The van der Waals surface area contributed by atoms with Gasteiger partial charge in [0, 0.05) is 44.0 Å². The fraction of sp³-hybridized carbons (Fsp3) is 0.500. The van der Waals surface area contributed by atoms with Gasteiger partial charge in [-0.3, -0.25) is 19.0 Å². The average molecular weight is 786 g/mol. The van der Waals surface area contributed by atoms with Gasteiger partial charge < -0.3 is 19.1 Å². The highest BCUT2D eigenvalue weighted by Crippen LogP contribution is 2.61. The summed E-state index contributed by atoms with van der Waals surface area (Å²) in [7, 11) is 1.21. The Bertz CT molecular complexity index is 2270. The number of hydrogen-bond donors (Lipinski definition) is 0. The summed E-state index contributed by atoms with van der Waals surface area (Å²) in [4.78, 5) is 46.8. The molecule has 2 aliphatic carbocycles. The van der Waals surface area contributed by atoms with Crippen molar-refractivity contribution in [3.05, 3.63) is 82.5 Å². The van der Waals surface area contributed by atoms with Gasteiger partial charge in [0.2, 0.25) is 5.91 Å². The number of benzene rings is 1. The number of likely N-dealkylation sites (tertiary alicyclic amines) is 2. The molecule has 0 N–H and O–H groups in total. The van der Waals surface area contributed by atoms with E-state index in [-0.39, 0.29) is 92.5 Å². The first-order valence-electron chi connectivity index (χ1n) is 17.7. The maximum atomic E-state index is 14.0. The first-order valence-corrected chi connectivity index (χ1v) is 17.7. The number of esters is 1. The number of nitrogens with zero attached hydrogens (tertiary/aromatic N) is 9. The number of ether oxygens (including phenoxy) is 1. The molecule has 56 heavy (non-hydrogen) atoms. The number of alkyl halides is 6. The second-order valence-electron chi connectivity index (χ2n) is 15.2. The maximum absolute atomic E-state index is 14.0. The summed E-state index contributed by atoms with van der Waals surface area (Å²) in [5.41, 5.74) is -4.42. The minimum Gasteiger partial charge on any atom is -0.465 e. The number of rotatable bonds is 9. The van der Waals surface area contributed by atoms with Crippen LogP contribution in [0.5, 0.6) is 0 Å². The van der Waals surface area contributed by atoms with E-state index in [0.29, 0.717) is 5.56 Å². The largest absolute Gasteiger partial charge is 0.465 e. The van der Waals surface area contributed by atoms with Gasteiger partial charge >= 0.3 is 18.3 Å². The number of hydrogen-bond acceptors (Lipinski definition) is 10. The van der Waals surface area contributed by atoms with Crippen LogP contribution in [-0.4, -0.2) is 103 Å². The number of carbonyl (C=O) groups is 3. The number of aromatic nitrogens is 6. The highest BCUT2D eigenvalue weighted by molar-refractivity contribution is 5.94. The van der Waals surface area contributed by atoms with E-state index in [1.54, 1.807) is 13.0 Å². The first kappa shape index (κ1) is 37.2. The number of nitriles is 1. The number of halogens is 6. The summed E-state index contributed by atoms with van der Waals surface area (Å²) in [6.45, 7) is 1.50. The minimum absolute atomic E-state index is 0.00590. The molecule has 8 rings (SSSR count). The second-order valence-corrected chi connectivity index (χ2v) is 15.2. The zero-order valence-electron chi connectivity index (χ0n) is 29.9. The molecule has 5 heterocycles. The Kier molecular flexibility index (Phi) is 8.40. The molecule has 2 saturated heterocycles. The van der Waals surface area contributed by atoms with Crippen LogP contribution >= 0.6 is 0 Å². The number of amides is 2. The van der Waals surface area contributed by atoms with Gasteiger partial charge in [0.05, 0.1) is 54.2 Å². The van der Waals surface area contributed by atoms with Crippen molar-refractivity contribution in [1.82, 2.24) is 39.5 Å². The van der Waals surface area contributed by atoms with Crippen LogP contribution in [0.1, 0.15) is 93.8 Å². The van der Waals surface area contributed by atoms with Gasteiger partial charge in [-0.1, -0.05) is 11.2 Å². The third kappa shape index (κ3) is 5.89. The van der Waals surface area contributed by atoms with E-state index >= 15 is 0 Å². The molecule has 0 bridgehead atoms. The summed E-state index contributed by atoms with van der Waals surface area (Å²) in [6.07, 6.45) is -5.70. The van der Waals surface area contributed by atoms with Gasteiger partial charge in [-0.2, -0.15) is 46.8 Å². The van der Waals surface area contributed by atoms with Crippen LogP contribution in [-0.2, 0) is 21.5 Å². The van der Waals surface area contributed by atoms with Crippen LogP contribution in [0.25, 0.3) is 0 Å². The van der Waals surface area contributed by atoms with Gasteiger partial charge in [-0.25, -0.2) is 4.79 Å². The first-order chi connectivity index (χ1) is 26.4. The molecule has 0 radical (unpaired) electrons. The van der Waals surface area contributed by atoms with Gasteiger partial charge in [-0.15, -0.1) is 0 Å². The van der Waals surface area contributed by atoms with Crippen LogP contribution in [0.4, 0.5) is 26.3 Å². The zero-order chi connectivity index (χ0) is 40.0. The standard InChI is InChI=1S/C36H33F6N9O5/c1-20(51-10-5-26(46-51)33(6-7-33)35(37,38)39)28-45-27(47-56-28)25-16-48(17-32(25)18-49(19-32)31(54)34(8-9-34)36(40,41)42)29(52)23-13-44-50(15-23)14-22-4-3-21(12-43)11-24(22)30(53)55-2/h3-5,10-11,13,15,20,25H,6-9,14,16-19H2,1-2H3. The van der Waals surface area contributed by atoms with E-state index in [2.05, 4.69) is 20.3 Å². The predicted octanol–water partition coefficient (Wildman–Crippen LogP) is 4.78. The maximum Gasteiger partial charge on any atom is 0.403 e. The Morgan fingerprint density at radius 1 is 1.04 bits per heavy atom. The predicted molar refractivity (Wildman–Crippen MR) is 177 cm³/mol. The highest BCUT2D eigenvalue weighted by Gasteiger charge is 2.72. The third-order valence-electron chi connectivity index (χ3n) is 11.7. The summed E-state index contributed by atoms with van der Waals surface area (Å²) in [5.74, 6) is -2.69. The van der Waals surface area contributed by atoms with Gasteiger partial charge in [0.15, 0.2) is 5.82 Å². The minimum atomic E-state index is -4.70. The molecule has 4 aliphatic rings. The molecule has 3 aromatic heterocycles. The molecule has 2 aliphatic heterocycles. The highest BCUT2D eigenvalue weighted by atomic mass is 19.4. The lowest BCUT2D eigenvalue weighted by Crippen LogP contribution is -2.64. The number of methoxy groups -OCH3 is 1. The van der Waals surface area contributed by atoms with E-state index in [1.807, 2.05) is 6.07 Å². The van der Waals surface area contributed by atoms with Crippen LogP contribution in [0.3, 0.4) is 0 Å². The Balaban J connectivity index is 1.04. The summed E-state index contributed by atoms with van der Waals surface area (Å²) in [6, 6.07) is 6.98. The van der Waals surface area contributed by atoms with Crippen LogP contribution < -0.4 is 0 Å². The molecule has 1 aromatic carbocycles. The number of carbonyl (C=O) groups excluding carboxylic acids is 3. The molecule has 4 fully saturated rings. The second kappa shape index (κ2) is 12.6. The van der Waals surface area contributed by atoms with Crippen molar-refractivity contribution in [3.8, 4) is 6.07 Å². The molecule has 14 nitrogen and oxygen atoms in total. The molecule has 2 saturated carbocycles. The van der Waals surface area contributed by atoms with Crippen molar-refractivity contribution in [2.24, 2.45) is 10.8 Å².